The number of halogens is 2. The first-order valence-corrected chi connectivity index (χ1v) is 6.70. The lowest BCUT2D eigenvalue weighted by atomic mass is 10.2. The summed E-state index contributed by atoms with van der Waals surface area (Å²) in [6, 6.07) is 4.68. The van der Waals surface area contributed by atoms with Crippen molar-refractivity contribution in [1.29, 1.82) is 0 Å². The van der Waals surface area contributed by atoms with Gasteiger partial charge in [0.15, 0.2) is 0 Å². The molecule has 0 fully saturated rings. The number of rotatable bonds is 6. The number of amides is 1. The largest absolute Gasteiger partial charge is 0.395 e. The molecule has 1 N–H and O–H groups in total. The van der Waals surface area contributed by atoms with Crippen LogP contribution >= 0.6 is 15.9 Å². The lowest BCUT2D eigenvalue weighted by Gasteiger charge is -2.23. The van der Waals surface area contributed by atoms with Crippen LogP contribution < -0.4 is 0 Å². The summed E-state index contributed by atoms with van der Waals surface area (Å²) in [6.45, 7) is 0.687. The molecule has 0 radical (unpaired) electrons. The molecule has 0 saturated heterocycles. The summed E-state index contributed by atoms with van der Waals surface area (Å²) in [6.07, 6.45) is 0. The Morgan fingerprint density at radius 2 is 2.11 bits per heavy atom. The zero-order valence-electron chi connectivity index (χ0n) is 11.1. The molecule has 1 rings (SSSR count). The predicted octanol–water partition coefficient (Wildman–Crippen LogP) is 1.47. The number of carbonyl (C=O) groups excluding carboxylic acids is 1. The van der Waals surface area contributed by atoms with Crippen molar-refractivity contribution in [3.8, 4) is 0 Å². The summed E-state index contributed by atoms with van der Waals surface area (Å²) in [4.78, 5) is 14.9. The second-order valence-corrected chi connectivity index (χ2v) is 5.37. The molecule has 1 aromatic carbocycles. The van der Waals surface area contributed by atoms with E-state index in [1.54, 1.807) is 31.1 Å². The first kappa shape index (κ1) is 16.1. The SMILES string of the molecule is CN(C)C(=O)CN(CCO)Cc1cc(Br)ccc1F. The molecule has 0 bridgehead atoms. The van der Waals surface area contributed by atoms with Crippen LogP contribution in [0.1, 0.15) is 5.56 Å². The van der Waals surface area contributed by atoms with Gasteiger partial charge in [0, 0.05) is 37.2 Å². The molecule has 0 heterocycles. The van der Waals surface area contributed by atoms with E-state index in [9.17, 15) is 9.18 Å². The summed E-state index contributed by atoms with van der Waals surface area (Å²) in [5.74, 6) is -0.396. The Bertz CT molecular complexity index is 441. The van der Waals surface area contributed by atoms with Crippen molar-refractivity contribution >= 4 is 21.8 Å². The minimum Gasteiger partial charge on any atom is -0.395 e. The smallest absolute Gasteiger partial charge is 0.236 e. The second-order valence-electron chi connectivity index (χ2n) is 4.46. The van der Waals surface area contributed by atoms with Gasteiger partial charge in [0.25, 0.3) is 0 Å². The normalized spacial score (nSPS) is 10.8. The van der Waals surface area contributed by atoms with Crippen LogP contribution in [0.2, 0.25) is 0 Å². The first-order valence-electron chi connectivity index (χ1n) is 5.91. The average molecular weight is 333 g/mol. The fourth-order valence-corrected chi connectivity index (χ4v) is 2.00. The topological polar surface area (TPSA) is 43.8 Å². The molecule has 0 saturated carbocycles. The quantitative estimate of drug-likeness (QED) is 0.857. The van der Waals surface area contributed by atoms with Gasteiger partial charge in [-0.1, -0.05) is 15.9 Å². The van der Waals surface area contributed by atoms with Crippen LogP contribution in [0.5, 0.6) is 0 Å². The number of aliphatic hydroxyl groups is 1. The Hall–Kier alpha value is -0.980. The molecule has 0 aliphatic heterocycles. The molecule has 6 heteroatoms. The molecule has 4 nitrogen and oxygen atoms in total. The van der Waals surface area contributed by atoms with Gasteiger partial charge in [-0.3, -0.25) is 9.69 Å². The van der Waals surface area contributed by atoms with E-state index in [2.05, 4.69) is 15.9 Å². The zero-order chi connectivity index (χ0) is 14.4. The standard InChI is InChI=1S/C13H18BrFN2O2/c1-16(2)13(19)9-17(5-6-18)8-10-7-11(14)3-4-12(10)15/h3-4,7,18H,5-6,8-9H2,1-2H3. The van der Waals surface area contributed by atoms with Crippen LogP contribution in [-0.4, -0.2) is 54.6 Å². The number of hydrogen-bond donors (Lipinski definition) is 1. The van der Waals surface area contributed by atoms with E-state index in [1.807, 2.05) is 0 Å². The number of likely N-dealkylation sites (N-methyl/N-ethyl adjacent to an activating group) is 1. The number of benzene rings is 1. The van der Waals surface area contributed by atoms with Gasteiger partial charge >= 0.3 is 0 Å². The minimum atomic E-state index is -0.316. The Kier molecular flexibility index (Phi) is 6.41. The van der Waals surface area contributed by atoms with E-state index in [0.717, 1.165) is 4.47 Å². The van der Waals surface area contributed by atoms with Crippen LogP contribution in [0.3, 0.4) is 0 Å². The van der Waals surface area contributed by atoms with Crippen molar-refractivity contribution in [2.45, 2.75) is 6.54 Å². The summed E-state index contributed by atoms with van der Waals surface area (Å²) in [5.41, 5.74) is 0.495. The summed E-state index contributed by atoms with van der Waals surface area (Å²) in [7, 11) is 3.33. The van der Waals surface area contributed by atoms with Gasteiger partial charge in [0.1, 0.15) is 5.82 Å². The van der Waals surface area contributed by atoms with Crippen molar-refractivity contribution in [2.24, 2.45) is 0 Å². The highest BCUT2D eigenvalue weighted by Gasteiger charge is 2.14. The third kappa shape index (κ3) is 5.26. The van der Waals surface area contributed by atoms with E-state index >= 15 is 0 Å². The fraction of sp³-hybridized carbons (Fsp3) is 0.462. The van der Waals surface area contributed by atoms with Gasteiger partial charge in [-0.25, -0.2) is 4.39 Å². The molecular weight excluding hydrogens is 315 g/mol. The van der Waals surface area contributed by atoms with Gasteiger partial charge in [-0.2, -0.15) is 0 Å². The Labute approximate surface area is 120 Å². The van der Waals surface area contributed by atoms with Crippen molar-refractivity contribution in [2.75, 3.05) is 33.8 Å². The zero-order valence-corrected chi connectivity index (χ0v) is 12.7. The fourth-order valence-electron chi connectivity index (χ4n) is 1.59. The highest BCUT2D eigenvalue weighted by molar-refractivity contribution is 9.10. The Morgan fingerprint density at radius 1 is 1.42 bits per heavy atom. The van der Waals surface area contributed by atoms with Crippen LogP contribution in [0.25, 0.3) is 0 Å². The molecule has 0 aromatic heterocycles. The van der Waals surface area contributed by atoms with Gasteiger partial charge in [0.2, 0.25) is 5.91 Å². The minimum absolute atomic E-state index is 0.0731. The van der Waals surface area contributed by atoms with Crippen LogP contribution in [0, 0.1) is 5.82 Å². The van der Waals surface area contributed by atoms with E-state index in [0.29, 0.717) is 12.1 Å². The molecule has 1 aromatic rings. The van der Waals surface area contributed by atoms with Crippen molar-refractivity contribution < 1.29 is 14.3 Å². The summed E-state index contributed by atoms with van der Waals surface area (Å²) in [5, 5.41) is 9.02. The third-order valence-corrected chi connectivity index (χ3v) is 3.17. The van der Waals surface area contributed by atoms with Crippen LogP contribution in [0.15, 0.2) is 22.7 Å². The van der Waals surface area contributed by atoms with Crippen LogP contribution in [0.4, 0.5) is 4.39 Å². The molecule has 0 atom stereocenters. The summed E-state index contributed by atoms with van der Waals surface area (Å²) >= 11 is 3.29. The molecule has 106 valence electrons. The Morgan fingerprint density at radius 3 is 2.68 bits per heavy atom. The molecular formula is C13H18BrFN2O2. The van der Waals surface area contributed by atoms with Crippen molar-refractivity contribution in [3.63, 3.8) is 0 Å². The first-order chi connectivity index (χ1) is 8.93. The van der Waals surface area contributed by atoms with Gasteiger partial charge in [-0.15, -0.1) is 0 Å². The monoisotopic (exact) mass is 332 g/mol. The number of nitrogens with zero attached hydrogens (tertiary/aromatic N) is 2. The molecule has 0 spiro atoms. The number of hydrogen-bond acceptors (Lipinski definition) is 3. The van der Waals surface area contributed by atoms with E-state index in [-0.39, 0.29) is 31.4 Å². The highest BCUT2D eigenvalue weighted by Crippen LogP contribution is 2.17. The molecule has 0 aliphatic rings. The van der Waals surface area contributed by atoms with Gasteiger partial charge < -0.3 is 10.0 Å². The highest BCUT2D eigenvalue weighted by atomic mass is 79.9. The van der Waals surface area contributed by atoms with E-state index in [4.69, 9.17) is 5.11 Å². The predicted molar refractivity (Wildman–Crippen MR) is 75.2 cm³/mol. The maximum Gasteiger partial charge on any atom is 0.236 e. The molecule has 19 heavy (non-hydrogen) atoms. The number of aliphatic hydroxyl groups excluding tert-OH is 1. The second kappa shape index (κ2) is 7.57. The Balaban J connectivity index is 2.77. The van der Waals surface area contributed by atoms with Gasteiger partial charge in [-0.05, 0) is 18.2 Å². The molecule has 0 aliphatic carbocycles. The van der Waals surface area contributed by atoms with Crippen molar-refractivity contribution in [1.82, 2.24) is 9.80 Å². The number of carbonyl (C=O) groups is 1. The lowest BCUT2D eigenvalue weighted by Crippen LogP contribution is -2.37. The lowest BCUT2D eigenvalue weighted by molar-refractivity contribution is -0.130. The van der Waals surface area contributed by atoms with Crippen LogP contribution in [-0.2, 0) is 11.3 Å². The van der Waals surface area contributed by atoms with E-state index < -0.39 is 0 Å². The molecule has 0 unspecified atom stereocenters. The maximum absolute atomic E-state index is 13.7. The average Bonchev–Trinajstić information content (AvgIpc) is 2.34. The maximum atomic E-state index is 13.7. The summed E-state index contributed by atoms with van der Waals surface area (Å²) < 4.78 is 14.4. The third-order valence-electron chi connectivity index (χ3n) is 2.68. The molecule has 1 amide bonds. The van der Waals surface area contributed by atoms with Crippen molar-refractivity contribution in [3.05, 3.63) is 34.1 Å². The van der Waals surface area contributed by atoms with E-state index in [1.165, 1.54) is 11.0 Å². The van der Waals surface area contributed by atoms with Gasteiger partial charge in [0.05, 0.1) is 13.2 Å².